The first kappa shape index (κ1) is 11.8. The van der Waals surface area contributed by atoms with Crippen molar-refractivity contribution in [2.45, 2.75) is 13.8 Å². The zero-order valence-electron chi connectivity index (χ0n) is 7.36. The van der Waals surface area contributed by atoms with Crippen LogP contribution in [0.4, 0.5) is 0 Å². The Bertz CT molecular complexity index is 271. The zero-order valence-corrected chi connectivity index (χ0v) is 8.12. The van der Waals surface area contributed by atoms with E-state index in [0.29, 0.717) is 0 Å². The number of carbonyl (C=O) groups excluding carboxylic acids is 1. The second kappa shape index (κ2) is 5.48. The summed E-state index contributed by atoms with van der Waals surface area (Å²) in [6.07, 6.45) is 4.01. The molecule has 72 valence electrons. The van der Waals surface area contributed by atoms with Crippen LogP contribution in [0.25, 0.3) is 0 Å². The van der Waals surface area contributed by atoms with Gasteiger partial charge in [-0.2, -0.15) is 0 Å². The minimum absolute atomic E-state index is 0.0511. The van der Waals surface area contributed by atoms with E-state index in [1.165, 1.54) is 18.2 Å². The van der Waals surface area contributed by atoms with Gasteiger partial charge in [0.2, 0.25) is 5.24 Å². The number of halogens is 1. The van der Waals surface area contributed by atoms with Crippen molar-refractivity contribution in [2.75, 3.05) is 0 Å². The van der Waals surface area contributed by atoms with Crippen molar-refractivity contribution in [1.82, 2.24) is 0 Å². The third-order valence-electron chi connectivity index (χ3n) is 1.42. The smallest absolute Gasteiger partial charge is 0.264 e. The summed E-state index contributed by atoms with van der Waals surface area (Å²) in [5.41, 5.74) is -0.0511. The van der Waals surface area contributed by atoms with Gasteiger partial charge in [-0.05, 0) is 24.6 Å². The normalized spacial score (nSPS) is 14.5. The van der Waals surface area contributed by atoms with Crippen LogP contribution in [0.5, 0.6) is 0 Å². The Hall–Kier alpha value is -1.16. The molecule has 4 nitrogen and oxygen atoms in total. The lowest BCUT2D eigenvalue weighted by molar-refractivity contribution is -0.419. The Labute approximate surface area is 81.0 Å². The van der Waals surface area contributed by atoms with E-state index in [-0.39, 0.29) is 5.70 Å². The monoisotopic (exact) mass is 203 g/mol. The van der Waals surface area contributed by atoms with E-state index < -0.39 is 16.1 Å². The van der Waals surface area contributed by atoms with Gasteiger partial charge in [-0.25, -0.2) is 0 Å². The molecule has 0 spiro atoms. The van der Waals surface area contributed by atoms with Gasteiger partial charge in [0, 0.05) is 12.0 Å². The molecule has 5 heteroatoms. The van der Waals surface area contributed by atoms with E-state index in [1.54, 1.807) is 13.8 Å². The Morgan fingerprint density at radius 1 is 1.62 bits per heavy atom. The van der Waals surface area contributed by atoms with E-state index in [9.17, 15) is 14.9 Å². The molecule has 0 saturated carbocycles. The highest BCUT2D eigenvalue weighted by Gasteiger charge is 2.08. The van der Waals surface area contributed by atoms with Gasteiger partial charge in [0.15, 0.2) is 0 Å². The van der Waals surface area contributed by atoms with Crippen molar-refractivity contribution in [1.29, 1.82) is 0 Å². The second-order valence-electron chi connectivity index (χ2n) is 2.42. The van der Waals surface area contributed by atoms with Gasteiger partial charge in [0.05, 0.1) is 4.92 Å². The van der Waals surface area contributed by atoms with Crippen molar-refractivity contribution in [3.63, 3.8) is 0 Å². The van der Waals surface area contributed by atoms with Crippen molar-refractivity contribution in [3.05, 3.63) is 34.0 Å². The highest BCUT2D eigenvalue weighted by Crippen LogP contribution is 2.05. The lowest BCUT2D eigenvalue weighted by Gasteiger charge is -1.95. The number of hydrogen-bond acceptors (Lipinski definition) is 3. The summed E-state index contributed by atoms with van der Waals surface area (Å²) >= 11 is 5.15. The standard InChI is InChI=1S/C8H10ClNO3/c1-3-7(10(12)13)5-4-6(2)8(9)11/h3-6H,1-2H3/b5-4-,7-3+. The van der Waals surface area contributed by atoms with Crippen molar-refractivity contribution >= 4 is 16.8 Å². The summed E-state index contributed by atoms with van der Waals surface area (Å²) in [6.45, 7) is 3.12. The van der Waals surface area contributed by atoms with Crippen LogP contribution in [0.2, 0.25) is 0 Å². The van der Waals surface area contributed by atoms with Gasteiger partial charge in [-0.1, -0.05) is 13.0 Å². The summed E-state index contributed by atoms with van der Waals surface area (Å²) in [7, 11) is 0. The quantitative estimate of drug-likeness (QED) is 0.304. The van der Waals surface area contributed by atoms with Crippen LogP contribution in [-0.4, -0.2) is 10.2 Å². The molecule has 0 aliphatic heterocycles. The molecule has 0 saturated heterocycles. The zero-order chi connectivity index (χ0) is 10.4. The molecular weight excluding hydrogens is 194 g/mol. The number of nitrogens with zero attached hydrogens (tertiary/aromatic N) is 1. The molecule has 0 aliphatic rings. The largest absolute Gasteiger partial charge is 0.281 e. The fraction of sp³-hybridized carbons (Fsp3) is 0.375. The van der Waals surface area contributed by atoms with E-state index in [2.05, 4.69) is 0 Å². The van der Waals surface area contributed by atoms with E-state index >= 15 is 0 Å². The maximum absolute atomic E-state index is 10.5. The first-order valence-corrected chi connectivity index (χ1v) is 4.05. The van der Waals surface area contributed by atoms with Crippen LogP contribution in [0.1, 0.15) is 13.8 Å². The molecule has 0 fully saturated rings. The van der Waals surface area contributed by atoms with Gasteiger partial charge >= 0.3 is 0 Å². The molecule has 0 aromatic rings. The fourth-order valence-electron chi connectivity index (χ4n) is 0.581. The minimum Gasteiger partial charge on any atom is -0.281 e. The molecule has 0 aromatic heterocycles. The summed E-state index contributed by atoms with van der Waals surface area (Å²) in [6, 6.07) is 0. The molecule has 13 heavy (non-hydrogen) atoms. The van der Waals surface area contributed by atoms with Crippen LogP contribution >= 0.6 is 11.6 Å². The molecule has 0 radical (unpaired) electrons. The topological polar surface area (TPSA) is 60.2 Å². The predicted molar refractivity (Wildman–Crippen MR) is 49.9 cm³/mol. The summed E-state index contributed by atoms with van der Waals surface area (Å²) in [5.74, 6) is -0.503. The summed E-state index contributed by atoms with van der Waals surface area (Å²) in [5, 5.41) is 9.75. The van der Waals surface area contributed by atoms with Crippen molar-refractivity contribution in [2.24, 2.45) is 5.92 Å². The molecule has 0 aliphatic carbocycles. The Balaban J connectivity index is 4.42. The molecular formula is C8H10ClNO3. The fourth-order valence-corrected chi connectivity index (χ4v) is 0.654. The van der Waals surface area contributed by atoms with E-state index in [4.69, 9.17) is 11.6 Å². The average Bonchev–Trinajstić information content (AvgIpc) is 2.04. The average molecular weight is 204 g/mol. The third kappa shape index (κ3) is 4.42. The van der Waals surface area contributed by atoms with Crippen LogP contribution in [-0.2, 0) is 4.79 Å². The Morgan fingerprint density at radius 2 is 2.15 bits per heavy atom. The molecule has 1 unspecified atom stereocenters. The number of carbonyl (C=O) groups is 1. The SMILES string of the molecule is C/C=C(\C=C/C(C)C(=O)Cl)[N+](=O)[O-]. The molecule has 0 aromatic carbocycles. The lowest BCUT2D eigenvalue weighted by Crippen LogP contribution is -2.01. The van der Waals surface area contributed by atoms with E-state index in [1.807, 2.05) is 0 Å². The Morgan fingerprint density at radius 3 is 2.46 bits per heavy atom. The van der Waals surface area contributed by atoms with Crippen molar-refractivity contribution < 1.29 is 9.72 Å². The number of rotatable bonds is 4. The van der Waals surface area contributed by atoms with Crippen LogP contribution in [0, 0.1) is 16.0 Å². The molecule has 0 amide bonds. The van der Waals surface area contributed by atoms with Crippen LogP contribution in [0.3, 0.4) is 0 Å². The highest BCUT2D eigenvalue weighted by molar-refractivity contribution is 6.64. The maximum Gasteiger partial charge on any atom is 0.264 e. The summed E-state index contributed by atoms with van der Waals surface area (Å²) in [4.78, 5) is 20.3. The third-order valence-corrected chi connectivity index (χ3v) is 1.76. The molecule has 0 bridgehead atoms. The first-order chi connectivity index (χ1) is 5.99. The predicted octanol–water partition coefficient (Wildman–Crippen LogP) is 2.12. The minimum atomic E-state index is -0.532. The Kier molecular flexibility index (Phi) is 4.99. The van der Waals surface area contributed by atoms with Gasteiger partial charge in [-0.3, -0.25) is 14.9 Å². The number of hydrogen-bond donors (Lipinski definition) is 0. The first-order valence-electron chi connectivity index (χ1n) is 3.67. The lowest BCUT2D eigenvalue weighted by atomic mass is 10.2. The molecule has 0 heterocycles. The van der Waals surface area contributed by atoms with Gasteiger partial charge in [0.25, 0.3) is 5.70 Å². The highest BCUT2D eigenvalue weighted by atomic mass is 35.5. The van der Waals surface area contributed by atoms with Gasteiger partial charge in [0.1, 0.15) is 0 Å². The van der Waals surface area contributed by atoms with Crippen LogP contribution < -0.4 is 0 Å². The number of nitro groups is 1. The van der Waals surface area contributed by atoms with Gasteiger partial charge in [-0.15, -0.1) is 0 Å². The van der Waals surface area contributed by atoms with Gasteiger partial charge < -0.3 is 0 Å². The number of allylic oxidation sites excluding steroid dienone is 3. The molecule has 0 rings (SSSR count). The van der Waals surface area contributed by atoms with Crippen molar-refractivity contribution in [3.8, 4) is 0 Å². The van der Waals surface area contributed by atoms with E-state index in [0.717, 1.165) is 0 Å². The summed E-state index contributed by atoms with van der Waals surface area (Å²) < 4.78 is 0. The maximum atomic E-state index is 10.5. The van der Waals surface area contributed by atoms with Crippen LogP contribution in [0.15, 0.2) is 23.9 Å². The second-order valence-corrected chi connectivity index (χ2v) is 2.80. The molecule has 0 N–H and O–H groups in total. The molecule has 1 atom stereocenters.